The summed E-state index contributed by atoms with van der Waals surface area (Å²) in [5.41, 5.74) is 0.112. The number of hydrogen-bond donors (Lipinski definition) is 0. The summed E-state index contributed by atoms with van der Waals surface area (Å²) >= 11 is 0. The summed E-state index contributed by atoms with van der Waals surface area (Å²) in [6.45, 7) is 1.78. The highest BCUT2D eigenvalue weighted by Crippen LogP contribution is 2.29. The van der Waals surface area contributed by atoms with Crippen LogP contribution in [0.2, 0.25) is 0 Å². The standard InChI is InChI=1S/C16H12N2O6/c1-9-3-5-11(23-9)8-12-16(19)24-15(17-12)10-4-6-14(22-2)13(7-10)18(20)21/h3-8H,1-2H3/b12-8+. The van der Waals surface area contributed by atoms with Gasteiger partial charge in [-0.1, -0.05) is 0 Å². The fraction of sp³-hybridized carbons (Fsp3) is 0.125. The molecule has 2 aromatic rings. The van der Waals surface area contributed by atoms with Crippen molar-refractivity contribution in [2.24, 2.45) is 4.99 Å². The van der Waals surface area contributed by atoms with Crippen LogP contribution in [-0.4, -0.2) is 23.9 Å². The van der Waals surface area contributed by atoms with Crippen LogP contribution >= 0.6 is 0 Å². The second-order valence-corrected chi connectivity index (χ2v) is 4.93. The number of esters is 1. The molecule has 8 heteroatoms. The number of benzene rings is 1. The summed E-state index contributed by atoms with van der Waals surface area (Å²) in [4.78, 5) is 26.5. The highest BCUT2D eigenvalue weighted by atomic mass is 16.6. The van der Waals surface area contributed by atoms with E-state index in [9.17, 15) is 14.9 Å². The first kappa shape index (κ1) is 15.5. The Morgan fingerprint density at radius 3 is 2.71 bits per heavy atom. The number of aliphatic imine (C=N–C) groups is 1. The van der Waals surface area contributed by atoms with E-state index in [2.05, 4.69) is 4.99 Å². The number of ether oxygens (including phenoxy) is 2. The maximum atomic E-state index is 11.9. The van der Waals surface area contributed by atoms with E-state index >= 15 is 0 Å². The van der Waals surface area contributed by atoms with Gasteiger partial charge in [0.15, 0.2) is 11.4 Å². The zero-order valence-electron chi connectivity index (χ0n) is 12.8. The molecule has 0 saturated heterocycles. The van der Waals surface area contributed by atoms with E-state index in [0.717, 1.165) is 0 Å². The van der Waals surface area contributed by atoms with Crippen LogP contribution < -0.4 is 4.74 Å². The van der Waals surface area contributed by atoms with Crippen molar-refractivity contribution < 1.29 is 23.6 Å². The molecule has 0 spiro atoms. The molecule has 0 fully saturated rings. The van der Waals surface area contributed by atoms with Crippen LogP contribution in [0.5, 0.6) is 5.75 Å². The van der Waals surface area contributed by atoms with Gasteiger partial charge in [-0.05, 0) is 31.2 Å². The van der Waals surface area contributed by atoms with E-state index in [-0.39, 0.29) is 23.0 Å². The molecule has 24 heavy (non-hydrogen) atoms. The number of nitro benzene ring substituents is 1. The van der Waals surface area contributed by atoms with Crippen molar-refractivity contribution in [2.45, 2.75) is 6.92 Å². The zero-order chi connectivity index (χ0) is 17.3. The summed E-state index contributed by atoms with van der Waals surface area (Å²) in [7, 11) is 1.33. The number of aryl methyl sites for hydroxylation is 1. The van der Waals surface area contributed by atoms with E-state index < -0.39 is 10.9 Å². The molecule has 1 aliphatic rings. The van der Waals surface area contributed by atoms with Gasteiger partial charge in [0.05, 0.1) is 12.0 Å². The van der Waals surface area contributed by atoms with Crippen molar-refractivity contribution in [3.8, 4) is 5.75 Å². The Morgan fingerprint density at radius 1 is 1.29 bits per heavy atom. The van der Waals surface area contributed by atoms with E-state index in [4.69, 9.17) is 13.9 Å². The largest absolute Gasteiger partial charge is 0.490 e. The number of hydrogen-bond acceptors (Lipinski definition) is 7. The van der Waals surface area contributed by atoms with E-state index in [1.165, 1.54) is 31.4 Å². The molecule has 0 amide bonds. The van der Waals surface area contributed by atoms with Crippen LogP contribution in [0.3, 0.4) is 0 Å². The van der Waals surface area contributed by atoms with Gasteiger partial charge in [-0.25, -0.2) is 9.79 Å². The normalized spacial score (nSPS) is 15.3. The molecule has 0 aliphatic carbocycles. The Balaban J connectivity index is 1.97. The average molecular weight is 328 g/mol. The molecule has 0 atom stereocenters. The van der Waals surface area contributed by atoms with Crippen LogP contribution in [0.25, 0.3) is 6.08 Å². The van der Waals surface area contributed by atoms with Gasteiger partial charge in [0.25, 0.3) is 0 Å². The number of rotatable bonds is 4. The van der Waals surface area contributed by atoms with Crippen LogP contribution in [0.1, 0.15) is 17.1 Å². The van der Waals surface area contributed by atoms with Gasteiger partial charge in [0.1, 0.15) is 11.5 Å². The van der Waals surface area contributed by atoms with Crippen molar-refractivity contribution in [2.75, 3.05) is 7.11 Å². The summed E-state index contributed by atoms with van der Waals surface area (Å²) in [5, 5.41) is 11.1. The fourth-order valence-electron chi connectivity index (χ4n) is 2.16. The predicted octanol–water partition coefficient (Wildman–Crippen LogP) is 2.85. The minimum absolute atomic E-state index is 0.0136. The van der Waals surface area contributed by atoms with Crippen LogP contribution in [0, 0.1) is 17.0 Å². The number of methoxy groups -OCH3 is 1. The number of carbonyl (C=O) groups excluding carboxylic acids is 1. The highest BCUT2D eigenvalue weighted by molar-refractivity contribution is 6.13. The maximum Gasteiger partial charge on any atom is 0.363 e. The first-order chi connectivity index (χ1) is 11.5. The second-order valence-electron chi connectivity index (χ2n) is 4.93. The number of cyclic esters (lactones) is 1. The lowest BCUT2D eigenvalue weighted by Gasteiger charge is -2.03. The quantitative estimate of drug-likeness (QED) is 0.370. The number of nitrogens with zero attached hydrogens (tertiary/aromatic N) is 2. The summed E-state index contributed by atoms with van der Waals surface area (Å²) in [5.74, 6) is 0.599. The molecular weight excluding hydrogens is 316 g/mol. The first-order valence-corrected chi connectivity index (χ1v) is 6.90. The predicted molar refractivity (Wildman–Crippen MR) is 83.7 cm³/mol. The van der Waals surface area contributed by atoms with Crippen molar-refractivity contribution in [3.05, 3.63) is 63.2 Å². The molecule has 3 rings (SSSR count). The molecule has 122 valence electrons. The maximum absolute atomic E-state index is 11.9. The molecule has 0 unspecified atom stereocenters. The minimum Gasteiger partial charge on any atom is -0.490 e. The molecular formula is C16H12N2O6. The third kappa shape index (κ3) is 2.89. The summed E-state index contributed by atoms with van der Waals surface area (Å²) in [6, 6.07) is 7.63. The second kappa shape index (κ2) is 5.99. The van der Waals surface area contributed by atoms with Gasteiger partial charge >= 0.3 is 11.7 Å². The van der Waals surface area contributed by atoms with Crippen molar-refractivity contribution in [3.63, 3.8) is 0 Å². The molecule has 2 heterocycles. The van der Waals surface area contributed by atoms with Crippen molar-refractivity contribution >= 4 is 23.6 Å². The molecule has 1 aromatic carbocycles. The minimum atomic E-state index is -0.655. The third-order valence-electron chi connectivity index (χ3n) is 3.28. The Hall–Kier alpha value is -3.42. The Bertz CT molecular complexity index is 894. The Kier molecular flexibility index (Phi) is 3.87. The van der Waals surface area contributed by atoms with Crippen LogP contribution in [0.15, 0.2) is 45.4 Å². The lowest BCUT2D eigenvalue weighted by molar-refractivity contribution is -0.385. The van der Waals surface area contributed by atoms with Gasteiger partial charge in [-0.15, -0.1) is 0 Å². The van der Waals surface area contributed by atoms with Crippen molar-refractivity contribution in [1.29, 1.82) is 0 Å². The van der Waals surface area contributed by atoms with Gasteiger partial charge in [0, 0.05) is 17.7 Å². The summed E-state index contributed by atoms with van der Waals surface area (Å²) in [6.07, 6.45) is 1.44. The van der Waals surface area contributed by atoms with E-state index in [1.54, 1.807) is 19.1 Å². The lowest BCUT2D eigenvalue weighted by Crippen LogP contribution is -2.06. The topological polar surface area (TPSA) is 104 Å². The molecule has 1 aliphatic heterocycles. The lowest BCUT2D eigenvalue weighted by atomic mass is 10.2. The SMILES string of the molecule is COc1ccc(C2=N/C(=C/c3ccc(C)o3)C(=O)O2)cc1[N+](=O)[O-]. The summed E-state index contributed by atoms with van der Waals surface area (Å²) < 4.78 is 15.4. The Labute approximate surface area is 136 Å². The number of nitro groups is 1. The van der Waals surface area contributed by atoms with Gasteiger partial charge < -0.3 is 13.9 Å². The fourth-order valence-corrected chi connectivity index (χ4v) is 2.16. The van der Waals surface area contributed by atoms with Crippen LogP contribution in [-0.2, 0) is 9.53 Å². The molecule has 0 N–H and O–H groups in total. The van der Waals surface area contributed by atoms with Crippen molar-refractivity contribution in [1.82, 2.24) is 0 Å². The average Bonchev–Trinajstić information content (AvgIpc) is 3.13. The molecule has 1 aromatic heterocycles. The third-order valence-corrected chi connectivity index (χ3v) is 3.28. The zero-order valence-corrected chi connectivity index (χ0v) is 12.8. The number of furan rings is 1. The molecule has 0 radical (unpaired) electrons. The molecule has 0 saturated carbocycles. The molecule has 0 bridgehead atoms. The highest BCUT2D eigenvalue weighted by Gasteiger charge is 2.27. The van der Waals surface area contributed by atoms with Gasteiger partial charge in [0.2, 0.25) is 5.90 Å². The van der Waals surface area contributed by atoms with E-state index in [0.29, 0.717) is 17.1 Å². The van der Waals surface area contributed by atoms with Gasteiger partial charge in [-0.2, -0.15) is 0 Å². The molecule has 8 nitrogen and oxygen atoms in total. The monoisotopic (exact) mass is 328 g/mol. The Morgan fingerprint density at radius 2 is 2.08 bits per heavy atom. The smallest absolute Gasteiger partial charge is 0.363 e. The first-order valence-electron chi connectivity index (χ1n) is 6.90. The number of carbonyl (C=O) groups is 1. The van der Waals surface area contributed by atoms with Gasteiger partial charge in [-0.3, -0.25) is 10.1 Å². The van der Waals surface area contributed by atoms with E-state index in [1.807, 2.05) is 0 Å². The van der Waals surface area contributed by atoms with Crippen LogP contribution in [0.4, 0.5) is 5.69 Å².